The minimum atomic E-state index is -0.515. The lowest BCUT2D eigenvalue weighted by Crippen LogP contribution is -2.53. The van der Waals surface area contributed by atoms with E-state index in [1.165, 1.54) is 11.0 Å². The second-order valence-corrected chi connectivity index (χ2v) is 6.23. The summed E-state index contributed by atoms with van der Waals surface area (Å²) in [6.45, 7) is 7.97. The highest BCUT2D eigenvalue weighted by Gasteiger charge is 2.32. The molecule has 1 N–H and O–H groups in total. The van der Waals surface area contributed by atoms with Crippen molar-refractivity contribution in [2.24, 2.45) is 0 Å². The minimum Gasteiger partial charge on any atom is -0.336 e. The zero-order valence-electron chi connectivity index (χ0n) is 13.6. The Morgan fingerprint density at radius 1 is 1.38 bits per heavy atom. The first kappa shape index (κ1) is 18.2. The summed E-state index contributed by atoms with van der Waals surface area (Å²) in [7, 11) is 0. The molecule has 1 saturated heterocycles. The molecule has 0 spiro atoms. The number of hydrogen-bond acceptors (Lipinski definition) is 4. The Labute approximate surface area is 151 Å². The van der Waals surface area contributed by atoms with Gasteiger partial charge in [-0.05, 0) is 37.7 Å². The standard InChI is InChI=1S/C17H19N3O2S2/c1-4-8-20-15(22)13(14(21)18-17(20)24)10-12-7-6-9-19(16(12)23)11(3)5-2/h4,6-7,9-11H,1,5,8H2,2-3H3,(H,18,21,24)/b13-10+. The van der Waals surface area contributed by atoms with E-state index in [-0.39, 0.29) is 23.3 Å². The number of carbonyl (C=O) groups is 2. The molecule has 1 aromatic heterocycles. The van der Waals surface area contributed by atoms with Crippen molar-refractivity contribution in [1.82, 2.24) is 14.8 Å². The highest BCUT2D eigenvalue weighted by Crippen LogP contribution is 2.18. The van der Waals surface area contributed by atoms with Gasteiger partial charge < -0.3 is 4.57 Å². The van der Waals surface area contributed by atoms with Crippen LogP contribution in [-0.4, -0.2) is 32.9 Å². The fourth-order valence-corrected chi connectivity index (χ4v) is 2.94. The zero-order chi connectivity index (χ0) is 17.9. The monoisotopic (exact) mass is 361 g/mol. The summed E-state index contributed by atoms with van der Waals surface area (Å²) in [5, 5.41) is 2.61. The van der Waals surface area contributed by atoms with Crippen LogP contribution in [0.5, 0.6) is 0 Å². The van der Waals surface area contributed by atoms with Crippen molar-refractivity contribution < 1.29 is 9.59 Å². The normalized spacial score (nSPS) is 17.8. The third-order valence-corrected chi connectivity index (χ3v) is 4.64. The summed E-state index contributed by atoms with van der Waals surface area (Å²) >= 11 is 10.5. The van der Waals surface area contributed by atoms with Crippen LogP contribution in [-0.2, 0) is 9.59 Å². The van der Waals surface area contributed by atoms with Crippen molar-refractivity contribution in [1.29, 1.82) is 0 Å². The summed E-state index contributed by atoms with van der Waals surface area (Å²) in [5.74, 6) is -0.962. The molecule has 1 aliphatic rings. The van der Waals surface area contributed by atoms with Crippen LogP contribution in [0, 0.1) is 4.64 Å². The first-order valence-electron chi connectivity index (χ1n) is 7.61. The second kappa shape index (κ2) is 7.63. The van der Waals surface area contributed by atoms with Gasteiger partial charge >= 0.3 is 0 Å². The lowest BCUT2D eigenvalue weighted by atomic mass is 10.1. The number of aromatic nitrogens is 1. The molecular formula is C17H19N3O2S2. The number of hydrogen-bond donors (Lipinski definition) is 1. The molecule has 7 heteroatoms. The van der Waals surface area contributed by atoms with Gasteiger partial charge in [-0.3, -0.25) is 19.8 Å². The van der Waals surface area contributed by atoms with E-state index in [1.54, 1.807) is 12.1 Å². The molecule has 1 aliphatic heterocycles. The number of nitrogens with one attached hydrogen (secondary N) is 1. The topological polar surface area (TPSA) is 54.3 Å². The zero-order valence-corrected chi connectivity index (χ0v) is 15.2. The first-order chi connectivity index (χ1) is 11.4. The van der Waals surface area contributed by atoms with Crippen LogP contribution in [0.25, 0.3) is 6.08 Å². The number of amides is 2. The van der Waals surface area contributed by atoms with E-state index < -0.39 is 11.8 Å². The number of nitrogens with zero attached hydrogens (tertiary/aromatic N) is 2. The van der Waals surface area contributed by atoms with Gasteiger partial charge in [0.2, 0.25) is 0 Å². The van der Waals surface area contributed by atoms with Crippen molar-refractivity contribution in [2.75, 3.05) is 6.54 Å². The van der Waals surface area contributed by atoms with E-state index in [2.05, 4.69) is 25.7 Å². The van der Waals surface area contributed by atoms with Crippen LogP contribution in [0.15, 0.2) is 36.6 Å². The summed E-state index contributed by atoms with van der Waals surface area (Å²) < 4.78 is 2.54. The molecule has 0 aromatic carbocycles. The lowest BCUT2D eigenvalue weighted by Gasteiger charge is -2.27. The van der Waals surface area contributed by atoms with Gasteiger partial charge in [0.15, 0.2) is 5.11 Å². The van der Waals surface area contributed by atoms with E-state index in [9.17, 15) is 9.59 Å². The van der Waals surface area contributed by atoms with Crippen LogP contribution >= 0.6 is 24.4 Å². The van der Waals surface area contributed by atoms with Crippen LogP contribution in [0.4, 0.5) is 0 Å². The maximum atomic E-state index is 12.5. The molecule has 24 heavy (non-hydrogen) atoms. The molecule has 0 radical (unpaired) electrons. The highest BCUT2D eigenvalue weighted by atomic mass is 32.1. The maximum Gasteiger partial charge on any atom is 0.265 e. The van der Waals surface area contributed by atoms with Crippen LogP contribution in [0.2, 0.25) is 0 Å². The Kier molecular flexibility index (Phi) is 5.80. The van der Waals surface area contributed by atoms with Crippen molar-refractivity contribution >= 4 is 47.4 Å². The molecule has 5 nitrogen and oxygen atoms in total. The van der Waals surface area contributed by atoms with Gasteiger partial charge in [0, 0.05) is 24.3 Å². The molecule has 0 aliphatic carbocycles. The molecule has 1 aromatic rings. The lowest BCUT2D eigenvalue weighted by molar-refractivity contribution is -0.128. The predicted octanol–water partition coefficient (Wildman–Crippen LogP) is 3.00. The van der Waals surface area contributed by atoms with Crippen molar-refractivity contribution in [2.45, 2.75) is 26.3 Å². The number of thiocarbonyl (C=S) groups is 1. The van der Waals surface area contributed by atoms with Crippen molar-refractivity contribution in [3.8, 4) is 0 Å². The van der Waals surface area contributed by atoms with Gasteiger partial charge in [0.25, 0.3) is 11.8 Å². The molecule has 126 valence electrons. The van der Waals surface area contributed by atoms with Crippen LogP contribution < -0.4 is 5.32 Å². The molecule has 2 rings (SSSR count). The van der Waals surface area contributed by atoms with Crippen molar-refractivity contribution in [3.05, 3.63) is 46.8 Å². The molecule has 0 bridgehead atoms. The van der Waals surface area contributed by atoms with Gasteiger partial charge in [-0.1, -0.05) is 31.3 Å². The first-order valence-corrected chi connectivity index (χ1v) is 8.43. The van der Waals surface area contributed by atoms with E-state index in [0.29, 0.717) is 10.2 Å². The third-order valence-electron chi connectivity index (χ3n) is 3.87. The molecule has 1 fully saturated rings. The Morgan fingerprint density at radius 3 is 2.71 bits per heavy atom. The van der Waals surface area contributed by atoms with E-state index in [0.717, 1.165) is 6.42 Å². The number of pyridine rings is 1. The molecular weight excluding hydrogens is 342 g/mol. The molecule has 2 amide bonds. The molecule has 1 unspecified atom stereocenters. The fraction of sp³-hybridized carbons (Fsp3) is 0.294. The summed E-state index contributed by atoms with van der Waals surface area (Å²) in [6.07, 6.45) is 5.91. The summed E-state index contributed by atoms with van der Waals surface area (Å²) in [5.41, 5.74) is 0.663. The summed E-state index contributed by atoms with van der Waals surface area (Å²) in [6, 6.07) is 3.88. The maximum absolute atomic E-state index is 12.5. The van der Waals surface area contributed by atoms with Gasteiger partial charge in [-0.2, -0.15) is 0 Å². The van der Waals surface area contributed by atoms with Crippen molar-refractivity contribution in [3.63, 3.8) is 0 Å². The van der Waals surface area contributed by atoms with Gasteiger partial charge in [0.05, 0.1) is 0 Å². The predicted molar refractivity (Wildman–Crippen MR) is 101 cm³/mol. The average Bonchev–Trinajstić information content (AvgIpc) is 2.56. The Hall–Kier alpha value is -2.12. The van der Waals surface area contributed by atoms with Crippen LogP contribution in [0.1, 0.15) is 31.9 Å². The SMILES string of the molecule is C=CCN1C(=O)/C(=C/c2cccn(C(C)CC)c2=S)C(=O)NC1=S. The Balaban J connectivity index is 2.48. The summed E-state index contributed by atoms with van der Waals surface area (Å²) in [4.78, 5) is 26.0. The number of carbonyl (C=O) groups excluding carboxylic acids is 2. The van der Waals surface area contributed by atoms with Gasteiger partial charge in [-0.25, -0.2) is 0 Å². The van der Waals surface area contributed by atoms with Gasteiger partial charge in [-0.15, -0.1) is 6.58 Å². The highest BCUT2D eigenvalue weighted by molar-refractivity contribution is 7.80. The van der Waals surface area contributed by atoms with E-state index >= 15 is 0 Å². The fourth-order valence-electron chi connectivity index (χ4n) is 2.33. The van der Waals surface area contributed by atoms with E-state index in [4.69, 9.17) is 24.4 Å². The smallest absolute Gasteiger partial charge is 0.265 e. The van der Waals surface area contributed by atoms with Crippen LogP contribution in [0.3, 0.4) is 0 Å². The number of rotatable bonds is 5. The Bertz CT molecular complexity index is 795. The minimum absolute atomic E-state index is 0.0125. The quantitative estimate of drug-likeness (QED) is 0.379. The van der Waals surface area contributed by atoms with Gasteiger partial charge in [0.1, 0.15) is 10.2 Å². The average molecular weight is 361 g/mol. The second-order valence-electron chi connectivity index (χ2n) is 5.45. The van der Waals surface area contributed by atoms with E-state index in [1.807, 2.05) is 16.8 Å². The molecule has 2 heterocycles. The molecule has 0 saturated carbocycles. The third kappa shape index (κ3) is 3.52. The molecule has 1 atom stereocenters. The Morgan fingerprint density at radius 2 is 2.08 bits per heavy atom. The largest absolute Gasteiger partial charge is 0.336 e.